The molecule has 5 heterocycles. The number of thiazole rings is 1. The first-order valence-electron chi connectivity index (χ1n) is 12.6. The van der Waals surface area contributed by atoms with Crippen LogP contribution in [0.5, 0.6) is 0 Å². The average molecular weight is 621 g/mol. The van der Waals surface area contributed by atoms with E-state index in [1.807, 2.05) is 24.3 Å². The topological polar surface area (TPSA) is 99.7 Å². The average Bonchev–Trinajstić information content (AvgIpc) is 3.64. The first-order valence-corrected chi connectivity index (χ1v) is 16.8. The lowest BCUT2D eigenvalue weighted by Gasteiger charge is -2.33. The summed E-state index contributed by atoms with van der Waals surface area (Å²) in [7, 11) is -3.87. The number of hydrogen-bond acceptors (Lipinski definition) is 8. The lowest BCUT2D eigenvalue weighted by molar-refractivity contribution is -0.129. The highest BCUT2D eigenvalue weighted by molar-refractivity contribution is 7.91. The van der Waals surface area contributed by atoms with Crippen molar-refractivity contribution in [2.24, 2.45) is 0 Å². The minimum Gasteiger partial charge on any atom is -0.337 e. The summed E-state index contributed by atoms with van der Waals surface area (Å²) < 4.78 is 29.8. The van der Waals surface area contributed by atoms with Crippen LogP contribution in [-0.4, -0.2) is 53.6 Å². The lowest BCUT2D eigenvalue weighted by Crippen LogP contribution is -2.49. The number of anilines is 1. The van der Waals surface area contributed by atoms with Crippen molar-refractivity contribution in [2.45, 2.75) is 49.4 Å². The van der Waals surface area contributed by atoms with Gasteiger partial charge in [0, 0.05) is 30.5 Å². The number of nitrogens with one attached hydrogen (secondary N) is 1. The van der Waals surface area contributed by atoms with E-state index in [0.717, 1.165) is 49.0 Å². The Morgan fingerprint density at radius 3 is 2.64 bits per heavy atom. The Labute approximate surface area is 243 Å². The molecule has 1 atom stereocenters. The van der Waals surface area contributed by atoms with Gasteiger partial charge in [0.15, 0.2) is 0 Å². The molecule has 4 aromatic rings. The molecule has 8 nitrogen and oxygen atoms in total. The van der Waals surface area contributed by atoms with Crippen molar-refractivity contribution in [3.05, 3.63) is 51.2 Å². The van der Waals surface area contributed by atoms with Crippen LogP contribution in [0.25, 0.3) is 20.8 Å². The molecule has 204 valence electrons. The van der Waals surface area contributed by atoms with Crippen molar-refractivity contribution in [3.8, 4) is 10.6 Å². The highest BCUT2D eigenvalue weighted by Gasteiger charge is 2.39. The van der Waals surface area contributed by atoms with Gasteiger partial charge in [0.05, 0.1) is 21.1 Å². The van der Waals surface area contributed by atoms with Gasteiger partial charge in [-0.3, -0.25) is 9.59 Å². The van der Waals surface area contributed by atoms with Crippen LogP contribution in [0.1, 0.15) is 36.6 Å². The van der Waals surface area contributed by atoms with Crippen LogP contribution in [-0.2, 0) is 32.6 Å². The van der Waals surface area contributed by atoms with Gasteiger partial charge in [-0.05, 0) is 49.1 Å². The van der Waals surface area contributed by atoms with E-state index < -0.39 is 16.1 Å². The number of thiophene rings is 2. The van der Waals surface area contributed by atoms with Gasteiger partial charge >= 0.3 is 0 Å². The van der Waals surface area contributed by atoms with E-state index in [1.165, 1.54) is 21.7 Å². The summed E-state index contributed by atoms with van der Waals surface area (Å²) in [5.41, 5.74) is 2.85. The van der Waals surface area contributed by atoms with Crippen molar-refractivity contribution in [3.63, 3.8) is 0 Å². The van der Waals surface area contributed by atoms with Gasteiger partial charge < -0.3 is 10.2 Å². The molecule has 1 N–H and O–H groups in total. The SMILES string of the molecule is CC(=O)N1CCc2c(sc(NC(=O)C3CCCCN3S(=O)(=O)c3ccc(Cl)s3)c2-c2nc3ccccc3s2)C1. The quantitative estimate of drug-likeness (QED) is 0.303. The number of piperidine rings is 1. The number of benzene rings is 1. The second-order valence-electron chi connectivity index (χ2n) is 9.56. The van der Waals surface area contributed by atoms with E-state index in [2.05, 4.69) is 5.32 Å². The van der Waals surface area contributed by atoms with Crippen LogP contribution in [0, 0.1) is 0 Å². The normalized spacial score (nSPS) is 18.3. The molecule has 13 heteroatoms. The zero-order chi connectivity index (χ0) is 27.3. The molecule has 39 heavy (non-hydrogen) atoms. The highest BCUT2D eigenvalue weighted by atomic mass is 35.5. The van der Waals surface area contributed by atoms with Crippen LogP contribution < -0.4 is 5.32 Å². The Balaban J connectivity index is 1.37. The number of carbonyl (C=O) groups excluding carboxylic acids is 2. The summed E-state index contributed by atoms with van der Waals surface area (Å²) in [4.78, 5) is 33.6. The van der Waals surface area contributed by atoms with Crippen LogP contribution in [0.4, 0.5) is 5.00 Å². The zero-order valence-electron chi connectivity index (χ0n) is 21.0. The first kappa shape index (κ1) is 26.9. The number of fused-ring (bicyclic) bond motifs is 2. The van der Waals surface area contributed by atoms with E-state index in [9.17, 15) is 18.0 Å². The number of halogens is 1. The Morgan fingerprint density at radius 1 is 1.08 bits per heavy atom. The third kappa shape index (κ3) is 5.02. The summed E-state index contributed by atoms with van der Waals surface area (Å²) in [6.45, 7) is 2.92. The standard InChI is InChI=1S/C26H25ClN4O4S4/c1-15(32)30-13-11-16-20(14-30)37-26(23(16)25-28-17-6-2-3-8-19(17)36-25)29-24(33)18-7-4-5-12-31(18)39(34,35)22-10-9-21(27)38-22/h2-3,6,8-10,18H,4-5,7,11-14H2,1H3,(H,29,33). The van der Waals surface area contributed by atoms with E-state index in [1.54, 1.807) is 29.2 Å². The fourth-order valence-corrected chi connectivity index (χ4v) is 10.8. The number of sulfonamides is 1. The number of para-hydroxylation sites is 1. The number of rotatable bonds is 5. The van der Waals surface area contributed by atoms with Crippen molar-refractivity contribution in [1.29, 1.82) is 0 Å². The molecule has 2 aliphatic heterocycles. The maximum Gasteiger partial charge on any atom is 0.253 e. The molecule has 2 amide bonds. The molecule has 0 spiro atoms. The maximum atomic E-state index is 13.8. The van der Waals surface area contributed by atoms with Crippen molar-refractivity contribution >= 4 is 82.7 Å². The molecule has 1 saturated heterocycles. The fraction of sp³-hybridized carbons (Fsp3) is 0.346. The predicted octanol–water partition coefficient (Wildman–Crippen LogP) is 5.83. The third-order valence-corrected chi connectivity index (χ3v) is 12.9. The molecular weight excluding hydrogens is 596 g/mol. The number of aromatic nitrogens is 1. The molecule has 3 aromatic heterocycles. The van der Waals surface area contributed by atoms with Gasteiger partial charge in [0.1, 0.15) is 20.3 Å². The van der Waals surface area contributed by atoms with Gasteiger partial charge in [-0.2, -0.15) is 4.31 Å². The molecule has 2 aliphatic rings. The lowest BCUT2D eigenvalue weighted by atomic mass is 10.0. The summed E-state index contributed by atoms with van der Waals surface area (Å²) in [6, 6.07) is 10.1. The van der Waals surface area contributed by atoms with Gasteiger partial charge in [0.25, 0.3) is 10.0 Å². The Bertz CT molecular complexity index is 1660. The van der Waals surface area contributed by atoms with Gasteiger partial charge in [0.2, 0.25) is 11.8 Å². The Hall–Kier alpha value is -2.35. The predicted molar refractivity (Wildman–Crippen MR) is 157 cm³/mol. The number of nitrogens with zero attached hydrogens (tertiary/aromatic N) is 3. The van der Waals surface area contributed by atoms with E-state index in [-0.39, 0.29) is 22.6 Å². The molecule has 6 rings (SSSR count). The van der Waals surface area contributed by atoms with E-state index in [4.69, 9.17) is 16.6 Å². The summed E-state index contributed by atoms with van der Waals surface area (Å²) in [6.07, 6.45) is 2.54. The molecule has 0 aliphatic carbocycles. The largest absolute Gasteiger partial charge is 0.337 e. The second-order valence-corrected chi connectivity index (χ2v) is 15.5. The smallest absolute Gasteiger partial charge is 0.253 e. The first-order chi connectivity index (χ1) is 18.7. The van der Waals surface area contributed by atoms with Gasteiger partial charge in [-0.15, -0.1) is 34.0 Å². The monoisotopic (exact) mass is 620 g/mol. The summed E-state index contributed by atoms with van der Waals surface area (Å²) >= 11 is 10.0. The van der Waals surface area contributed by atoms with Crippen LogP contribution >= 0.6 is 45.6 Å². The van der Waals surface area contributed by atoms with Crippen molar-refractivity contribution < 1.29 is 18.0 Å². The molecule has 1 fully saturated rings. The molecule has 1 aromatic carbocycles. The molecule has 0 bridgehead atoms. The summed E-state index contributed by atoms with van der Waals surface area (Å²) in [5.74, 6) is -0.344. The minimum absolute atomic E-state index is 0.0120. The van der Waals surface area contributed by atoms with E-state index in [0.29, 0.717) is 41.7 Å². The molecule has 1 unspecified atom stereocenters. The van der Waals surface area contributed by atoms with Gasteiger partial charge in [-0.25, -0.2) is 13.4 Å². The van der Waals surface area contributed by atoms with Crippen LogP contribution in [0.2, 0.25) is 4.34 Å². The van der Waals surface area contributed by atoms with Crippen molar-refractivity contribution in [2.75, 3.05) is 18.4 Å². The Kier molecular flexibility index (Phi) is 7.27. The maximum absolute atomic E-state index is 13.8. The van der Waals surface area contributed by atoms with Crippen molar-refractivity contribution in [1.82, 2.24) is 14.2 Å². The zero-order valence-corrected chi connectivity index (χ0v) is 25.0. The molecule has 0 saturated carbocycles. The number of carbonyl (C=O) groups is 2. The Morgan fingerprint density at radius 2 is 1.90 bits per heavy atom. The minimum atomic E-state index is -3.87. The third-order valence-electron chi connectivity index (χ3n) is 7.11. The van der Waals surface area contributed by atoms with Crippen LogP contribution in [0.15, 0.2) is 40.6 Å². The van der Waals surface area contributed by atoms with Gasteiger partial charge in [-0.1, -0.05) is 30.2 Å². The fourth-order valence-electron chi connectivity index (χ4n) is 5.17. The number of hydrogen-bond donors (Lipinski definition) is 1. The summed E-state index contributed by atoms with van der Waals surface area (Å²) in [5, 5.41) is 4.55. The highest BCUT2D eigenvalue weighted by Crippen LogP contribution is 2.46. The molecular formula is C26H25ClN4O4S4. The molecule has 0 radical (unpaired) electrons. The number of amides is 2. The van der Waals surface area contributed by atoms with Crippen LogP contribution in [0.3, 0.4) is 0 Å². The second kappa shape index (κ2) is 10.6. The van der Waals surface area contributed by atoms with E-state index >= 15 is 0 Å².